The molecule has 5 nitrogen and oxygen atoms in total. The molecule has 2 fully saturated rings. The van der Waals surface area contributed by atoms with Gasteiger partial charge in [-0.3, -0.25) is 4.79 Å². The maximum absolute atomic E-state index is 13.0. The van der Waals surface area contributed by atoms with Crippen molar-refractivity contribution in [1.29, 1.82) is 0 Å². The highest BCUT2D eigenvalue weighted by molar-refractivity contribution is 6.23. The number of carbonyl (C=O) groups is 2. The second kappa shape index (κ2) is 5.15. The van der Waals surface area contributed by atoms with E-state index in [9.17, 15) is 9.59 Å². The number of hydrogen-bond acceptors (Lipinski definition) is 3. The van der Waals surface area contributed by atoms with E-state index in [0.717, 1.165) is 18.7 Å². The third-order valence-electron chi connectivity index (χ3n) is 4.58. The smallest absolute Gasteiger partial charge is 0.317 e. The molecule has 0 saturated carbocycles. The van der Waals surface area contributed by atoms with Crippen LogP contribution in [0, 0.1) is 6.92 Å². The summed E-state index contributed by atoms with van der Waals surface area (Å²) in [5.74, 6) is -0.0697. The molecule has 2 aliphatic heterocycles. The summed E-state index contributed by atoms with van der Waals surface area (Å²) >= 11 is 0. The molecule has 5 heteroatoms. The highest BCUT2D eigenvalue weighted by Gasteiger charge is 2.57. The Morgan fingerprint density at radius 1 is 1.14 bits per heavy atom. The molecule has 1 aromatic carbocycles. The van der Waals surface area contributed by atoms with Crippen molar-refractivity contribution >= 4 is 17.6 Å². The van der Waals surface area contributed by atoms with E-state index in [1.54, 1.807) is 4.90 Å². The highest BCUT2D eigenvalue weighted by atomic mass is 16.2. The maximum atomic E-state index is 13.0. The average molecular weight is 287 g/mol. The van der Waals surface area contributed by atoms with Crippen LogP contribution in [0.3, 0.4) is 0 Å². The molecule has 0 atom stereocenters. The van der Waals surface area contributed by atoms with Crippen LogP contribution in [0.15, 0.2) is 24.3 Å². The van der Waals surface area contributed by atoms with E-state index >= 15 is 0 Å². The molecule has 1 N–H and O–H groups in total. The lowest BCUT2D eigenvalue weighted by Crippen LogP contribution is -2.55. The van der Waals surface area contributed by atoms with Crippen LogP contribution in [-0.4, -0.2) is 42.0 Å². The van der Waals surface area contributed by atoms with Crippen LogP contribution >= 0.6 is 0 Å². The largest absolute Gasteiger partial charge is 0.332 e. The molecule has 0 unspecified atom stereocenters. The molecule has 3 rings (SSSR count). The zero-order chi connectivity index (χ0) is 15.0. The molecule has 3 amide bonds. The minimum Gasteiger partial charge on any atom is -0.317 e. The predicted octanol–water partition coefficient (Wildman–Crippen LogP) is 1.91. The van der Waals surface area contributed by atoms with Crippen molar-refractivity contribution in [3.8, 4) is 0 Å². The normalized spacial score (nSPS) is 21.4. The maximum Gasteiger partial charge on any atom is 0.332 e. The predicted molar refractivity (Wildman–Crippen MR) is 81.3 cm³/mol. The van der Waals surface area contributed by atoms with Crippen LogP contribution < -0.4 is 10.2 Å². The Morgan fingerprint density at radius 2 is 1.76 bits per heavy atom. The molecular formula is C16H21N3O2. The van der Waals surface area contributed by atoms with Gasteiger partial charge in [0, 0.05) is 6.54 Å². The van der Waals surface area contributed by atoms with Gasteiger partial charge in [0.1, 0.15) is 5.54 Å². The van der Waals surface area contributed by atoms with E-state index in [-0.39, 0.29) is 11.9 Å². The Bertz CT molecular complexity index is 561. The number of anilines is 1. The first-order valence-corrected chi connectivity index (χ1v) is 7.54. The second-order valence-corrected chi connectivity index (χ2v) is 5.78. The summed E-state index contributed by atoms with van der Waals surface area (Å²) in [4.78, 5) is 28.8. The van der Waals surface area contributed by atoms with Gasteiger partial charge in [0.25, 0.3) is 5.91 Å². The van der Waals surface area contributed by atoms with Crippen molar-refractivity contribution in [1.82, 2.24) is 10.2 Å². The van der Waals surface area contributed by atoms with Gasteiger partial charge in [-0.25, -0.2) is 9.69 Å². The van der Waals surface area contributed by atoms with Gasteiger partial charge in [-0.05, 0) is 51.9 Å². The molecule has 2 aliphatic rings. The lowest BCUT2D eigenvalue weighted by atomic mass is 9.86. The third kappa shape index (κ3) is 2.03. The number of nitrogens with one attached hydrogen (secondary N) is 1. The second-order valence-electron chi connectivity index (χ2n) is 5.78. The number of urea groups is 1. The van der Waals surface area contributed by atoms with E-state index in [1.165, 1.54) is 4.90 Å². The number of aryl methyl sites for hydroxylation is 1. The number of likely N-dealkylation sites (N-methyl/N-ethyl adjacent to an activating group) is 1. The van der Waals surface area contributed by atoms with E-state index in [4.69, 9.17) is 0 Å². The van der Waals surface area contributed by atoms with Crippen LogP contribution in [-0.2, 0) is 4.79 Å². The van der Waals surface area contributed by atoms with Crippen molar-refractivity contribution in [2.24, 2.45) is 0 Å². The zero-order valence-electron chi connectivity index (χ0n) is 12.6. The number of nitrogens with zero attached hydrogens (tertiary/aromatic N) is 2. The van der Waals surface area contributed by atoms with Gasteiger partial charge >= 0.3 is 6.03 Å². The Kier molecular flexibility index (Phi) is 3.45. The van der Waals surface area contributed by atoms with Crippen molar-refractivity contribution in [3.63, 3.8) is 0 Å². The average Bonchev–Trinajstić information content (AvgIpc) is 2.69. The van der Waals surface area contributed by atoms with Crippen LogP contribution in [0.2, 0.25) is 0 Å². The summed E-state index contributed by atoms with van der Waals surface area (Å²) in [7, 11) is 0. The first kappa shape index (κ1) is 14.1. The minimum atomic E-state index is -0.651. The van der Waals surface area contributed by atoms with Crippen LogP contribution in [0.1, 0.15) is 25.3 Å². The van der Waals surface area contributed by atoms with Crippen LogP contribution in [0.4, 0.5) is 10.5 Å². The molecule has 0 bridgehead atoms. The first-order chi connectivity index (χ1) is 10.1. The molecule has 0 radical (unpaired) electrons. The lowest BCUT2D eigenvalue weighted by Gasteiger charge is -2.37. The van der Waals surface area contributed by atoms with E-state index in [1.807, 2.05) is 38.1 Å². The number of benzene rings is 1. The number of amides is 3. The molecule has 1 spiro atoms. The summed E-state index contributed by atoms with van der Waals surface area (Å²) < 4.78 is 0. The van der Waals surface area contributed by atoms with Crippen molar-refractivity contribution in [2.45, 2.75) is 32.2 Å². The van der Waals surface area contributed by atoms with Crippen molar-refractivity contribution in [2.75, 3.05) is 24.5 Å². The summed E-state index contributed by atoms with van der Waals surface area (Å²) in [6.07, 6.45) is 1.38. The molecule has 21 heavy (non-hydrogen) atoms. The standard InChI is InChI=1S/C16H21N3O2/c1-3-18-15(21)19(13-6-4-12(2)5-7-13)14(20)16(18)8-10-17-11-9-16/h4-7,17H,3,8-11H2,1-2H3. The summed E-state index contributed by atoms with van der Waals surface area (Å²) in [5, 5.41) is 3.27. The fourth-order valence-corrected chi connectivity index (χ4v) is 3.40. The number of imide groups is 1. The minimum absolute atomic E-state index is 0.0697. The Balaban J connectivity index is 2.01. The van der Waals surface area contributed by atoms with Gasteiger partial charge < -0.3 is 10.2 Å². The van der Waals surface area contributed by atoms with Gasteiger partial charge in [-0.1, -0.05) is 17.7 Å². The van der Waals surface area contributed by atoms with Gasteiger partial charge in [0.05, 0.1) is 5.69 Å². The fraction of sp³-hybridized carbons (Fsp3) is 0.500. The molecule has 2 heterocycles. The molecular weight excluding hydrogens is 266 g/mol. The Hall–Kier alpha value is -1.88. The quantitative estimate of drug-likeness (QED) is 0.845. The number of hydrogen-bond donors (Lipinski definition) is 1. The molecule has 2 saturated heterocycles. The number of rotatable bonds is 2. The first-order valence-electron chi connectivity index (χ1n) is 7.54. The van der Waals surface area contributed by atoms with Crippen molar-refractivity contribution < 1.29 is 9.59 Å². The fourth-order valence-electron chi connectivity index (χ4n) is 3.40. The molecule has 0 aliphatic carbocycles. The summed E-state index contributed by atoms with van der Waals surface area (Å²) in [5.41, 5.74) is 1.13. The summed E-state index contributed by atoms with van der Waals surface area (Å²) in [6.45, 7) is 6.04. The van der Waals surface area contributed by atoms with E-state index in [2.05, 4.69) is 5.32 Å². The molecule has 1 aromatic rings. The lowest BCUT2D eigenvalue weighted by molar-refractivity contribution is -0.126. The Labute approximate surface area is 124 Å². The third-order valence-corrected chi connectivity index (χ3v) is 4.58. The van der Waals surface area contributed by atoms with Crippen molar-refractivity contribution in [3.05, 3.63) is 29.8 Å². The van der Waals surface area contributed by atoms with Gasteiger partial charge in [0.15, 0.2) is 0 Å². The van der Waals surface area contributed by atoms with Crippen LogP contribution in [0.25, 0.3) is 0 Å². The number of piperidine rings is 1. The molecule has 0 aromatic heterocycles. The van der Waals surface area contributed by atoms with E-state index in [0.29, 0.717) is 25.1 Å². The van der Waals surface area contributed by atoms with E-state index < -0.39 is 5.54 Å². The Morgan fingerprint density at radius 3 is 2.33 bits per heavy atom. The SMILES string of the molecule is CCN1C(=O)N(c2ccc(C)cc2)C(=O)C12CCNCC2. The zero-order valence-corrected chi connectivity index (χ0v) is 12.6. The number of carbonyl (C=O) groups excluding carboxylic acids is 2. The van der Waals surface area contributed by atoms with Gasteiger partial charge in [-0.15, -0.1) is 0 Å². The van der Waals surface area contributed by atoms with Gasteiger partial charge in [-0.2, -0.15) is 0 Å². The molecule has 112 valence electrons. The topological polar surface area (TPSA) is 52.7 Å². The highest BCUT2D eigenvalue weighted by Crippen LogP contribution is 2.37. The van der Waals surface area contributed by atoms with Crippen LogP contribution in [0.5, 0.6) is 0 Å². The summed E-state index contributed by atoms with van der Waals surface area (Å²) in [6, 6.07) is 7.37. The van der Waals surface area contributed by atoms with Gasteiger partial charge in [0.2, 0.25) is 0 Å². The monoisotopic (exact) mass is 287 g/mol.